The molecule has 0 aliphatic carbocycles. The smallest absolute Gasteiger partial charge is 0.120 e. The highest BCUT2D eigenvalue weighted by Crippen LogP contribution is 2.22. The average molecular weight is 172 g/mol. The number of hydrogen-bond donors (Lipinski definition) is 1. The summed E-state index contributed by atoms with van der Waals surface area (Å²) in [5, 5.41) is 1.95. The first-order valence-electron chi connectivity index (χ1n) is 3.37. The van der Waals surface area contributed by atoms with Gasteiger partial charge in [-0.2, -0.15) is 0 Å². The summed E-state index contributed by atoms with van der Waals surface area (Å²) in [6.45, 7) is 2.38. The third-order valence-electron chi connectivity index (χ3n) is 1.81. The second-order valence-electron chi connectivity index (χ2n) is 2.51. The van der Waals surface area contributed by atoms with Crippen LogP contribution >= 0.6 is 11.3 Å². The lowest BCUT2D eigenvalue weighted by atomic mass is 10.0. The van der Waals surface area contributed by atoms with E-state index >= 15 is 0 Å². The molecule has 62 valence electrons. The maximum atomic E-state index is 5.55. The first-order chi connectivity index (χ1) is 5.23. The highest BCUT2D eigenvalue weighted by atomic mass is 32.1. The number of aromatic nitrogens is 1. The third-order valence-corrected chi connectivity index (χ3v) is 2.40. The standard InChI is InChI=1S/C7H12N2OS/c1-7(4-8,10-2)6-3-11-5-9-6/h3,5H,4,8H2,1-2H3. The van der Waals surface area contributed by atoms with Crippen LogP contribution in [-0.2, 0) is 10.3 Å². The van der Waals surface area contributed by atoms with Crippen molar-refractivity contribution in [2.45, 2.75) is 12.5 Å². The van der Waals surface area contributed by atoms with E-state index in [0.717, 1.165) is 5.69 Å². The van der Waals surface area contributed by atoms with Crippen LogP contribution in [0.15, 0.2) is 10.9 Å². The Morgan fingerprint density at radius 2 is 2.55 bits per heavy atom. The molecule has 1 aromatic rings. The molecule has 0 aliphatic rings. The average Bonchev–Trinajstić information content (AvgIpc) is 2.55. The molecular weight excluding hydrogens is 160 g/mol. The fraction of sp³-hybridized carbons (Fsp3) is 0.571. The Balaban J connectivity index is 2.87. The topological polar surface area (TPSA) is 48.1 Å². The summed E-state index contributed by atoms with van der Waals surface area (Å²) < 4.78 is 5.25. The molecule has 1 heterocycles. The molecular formula is C7H12N2OS. The molecule has 1 atom stereocenters. The number of ether oxygens (including phenoxy) is 1. The highest BCUT2D eigenvalue weighted by molar-refractivity contribution is 7.07. The van der Waals surface area contributed by atoms with Crippen LogP contribution in [0.4, 0.5) is 0 Å². The van der Waals surface area contributed by atoms with E-state index in [4.69, 9.17) is 10.5 Å². The van der Waals surface area contributed by atoms with Crippen LogP contribution in [0.3, 0.4) is 0 Å². The van der Waals surface area contributed by atoms with Crippen molar-refractivity contribution in [3.63, 3.8) is 0 Å². The van der Waals surface area contributed by atoms with E-state index in [9.17, 15) is 0 Å². The van der Waals surface area contributed by atoms with Crippen LogP contribution in [0, 0.1) is 0 Å². The van der Waals surface area contributed by atoms with E-state index in [2.05, 4.69) is 4.98 Å². The minimum atomic E-state index is -0.417. The van der Waals surface area contributed by atoms with Crippen LogP contribution in [0.25, 0.3) is 0 Å². The quantitative estimate of drug-likeness (QED) is 0.739. The number of methoxy groups -OCH3 is 1. The van der Waals surface area contributed by atoms with E-state index in [1.54, 1.807) is 24.0 Å². The van der Waals surface area contributed by atoms with Crippen LogP contribution < -0.4 is 5.73 Å². The molecule has 4 heteroatoms. The van der Waals surface area contributed by atoms with Crippen LogP contribution in [0.2, 0.25) is 0 Å². The zero-order valence-corrected chi connectivity index (χ0v) is 7.52. The van der Waals surface area contributed by atoms with Crippen molar-refractivity contribution in [1.29, 1.82) is 0 Å². The monoisotopic (exact) mass is 172 g/mol. The molecule has 1 rings (SSSR count). The summed E-state index contributed by atoms with van der Waals surface area (Å²) in [6, 6.07) is 0. The van der Waals surface area contributed by atoms with Gasteiger partial charge in [-0.3, -0.25) is 0 Å². The Hall–Kier alpha value is -0.450. The first kappa shape index (κ1) is 8.64. The first-order valence-corrected chi connectivity index (χ1v) is 4.31. The van der Waals surface area contributed by atoms with Gasteiger partial charge in [-0.05, 0) is 6.92 Å². The molecule has 0 saturated heterocycles. The second kappa shape index (κ2) is 3.30. The number of hydrogen-bond acceptors (Lipinski definition) is 4. The Morgan fingerprint density at radius 3 is 2.91 bits per heavy atom. The van der Waals surface area contributed by atoms with E-state index in [0.29, 0.717) is 6.54 Å². The Kier molecular flexibility index (Phi) is 2.59. The zero-order valence-electron chi connectivity index (χ0n) is 6.70. The van der Waals surface area contributed by atoms with Gasteiger partial charge in [0, 0.05) is 19.0 Å². The van der Waals surface area contributed by atoms with Crippen LogP contribution in [0.5, 0.6) is 0 Å². The van der Waals surface area contributed by atoms with Gasteiger partial charge in [0.1, 0.15) is 5.60 Å². The number of thiazole rings is 1. The summed E-state index contributed by atoms with van der Waals surface area (Å²) in [5.41, 5.74) is 7.82. The molecule has 0 aliphatic heterocycles. The van der Waals surface area contributed by atoms with Gasteiger partial charge < -0.3 is 10.5 Å². The zero-order chi connectivity index (χ0) is 8.32. The number of nitrogens with zero attached hydrogens (tertiary/aromatic N) is 1. The molecule has 0 radical (unpaired) electrons. The summed E-state index contributed by atoms with van der Waals surface area (Å²) >= 11 is 1.55. The fourth-order valence-corrected chi connectivity index (χ4v) is 1.44. The Morgan fingerprint density at radius 1 is 1.82 bits per heavy atom. The van der Waals surface area contributed by atoms with Crippen molar-refractivity contribution >= 4 is 11.3 Å². The van der Waals surface area contributed by atoms with Crippen molar-refractivity contribution in [3.05, 3.63) is 16.6 Å². The van der Waals surface area contributed by atoms with E-state index in [1.165, 1.54) is 0 Å². The Bertz CT molecular complexity index is 206. The van der Waals surface area contributed by atoms with Crippen LogP contribution in [0.1, 0.15) is 12.6 Å². The lowest BCUT2D eigenvalue weighted by Gasteiger charge is -2.23. The van der Waals surface area contributed by atoms with Gasteiger partial charge in [0.25, 0.3) is 0 Å². The molecule has 1 aromatic heterocycles. The Labute approximate surface area is 70.2 Å². The molecule has 0 aromatic carbocycles. The maximum Gasteiger partial charge on any atom is 0.120 e. The van der Waals surface area contributed by atoms with E-state index in [-0.39, 0.29) is 0 Å². The predicted molar refractivity (Wildman–Crippen MR) is 45.5 cm³/mol. The number of rotatable bonds is 3. The second-order valence-corrected chi connectivity index (χ2v) is 3.23. The molecule has 0 saturated carbocycles. The number of nitrogens with two attached hydrogens (primary N) is 1. The van der Waals surface area contributed by atoms with Gasteiger partial charge in [0.05, 0.1) is 11.2 Å². The van der Waals surface area contributed by atoms with Crippen molar-refractivity contribution in [2.75, 3.05) is 13.7 Å². The normalized spacial score (nSPS) is 16.3. The van der Waals surface area contributed by atoms with Gasteiger partial charge in [-0.1, -0.05) is 0 Å². The van der Waals surface area contributed by atoms with Crippen molar-refractivity contribution in [1.82, 2.24) is 4.98 Å². The fourth-order valence-electron chi connectivity index (χ4n) is 0.766. The van der Waals surface area contributed by atoms with Crippen molar-refractivity contribution < 1.29 is 4.74 Å². The summed E-state index contributed by atoms with van der Waals surface area (Å²) in [6.07, 6.45) is 0. The van der Waals surface area contributed by atoms with Gasteiger partial charge in [-0.25, -0.2) is 4.98 Å². The SMILES string of the molecule is COC(C)(CN)c1cscn1. The molecule has 0 spiro atoms. The van der Waals surface area contributed by atoms with Gasteiger partial charge in [0.15, 0.2) is 0 Å². The molecule has 1 unspecified atom stereocenters. The molecule has 11 heavy (non-hydrogen) atoms. The van der Waals surface area contributed by atoms with Crippen molar-refractivity contribution in [2.24, 2.45) is 5.73 Å². The molecule has 3 nitrogen and oxygen atoms in total. The largest absolute Gasteiger partial charge is 0.371 e. The lowest BCUT2D eigenvalue weighted by Crippen LogP contribution is -2.33. The predicted octanol–water partition coefficient (Wildman–Crippen LogP) is 0.963. The van der Waals surface area contributed by atoms with Gasteiger partial charge in [-0.15, -0.1) is 11.3 Å². The van der Waals surface area contributed by atoms with Crippen LogP contribution in [-0.4, -0.2) is 18.6 Å². The molecule has 0 amide bonds. The molecule has 0 fully saturated rings. The maximum absolute atomic E-state index is 5.55. The molecule has 0 bridgehead atoms. The van der Waals surface area contributed by atoms with E-state index in [1.807, 2.05) is 12.3 Å². The lowest BCUT2D eigenvalue weighted by molar-refractivity contribution is 0.00691. The molecule has 2 N–H and O–H groups in total. The summed E-state index contributed by atoms with van der Waals surface area (Å²) in [5.74, 6) is 0. The minimum Gasteiger partial charge on any atom is -0.371 e. The third kappa shape index (κ3) is 1.58. The minimum absolute atomic E-state index is 0.417. The van der Waals surface area contributed by atoms with Gasteiger partial charge >= 0.3 is 0 Å². The van der Waals surface area contributed by atoms with Crippen molar-refractivity contribution in [3.8, 4) is 0 Å². The van der Waals surface area contributed by atoms with Gasteiger partial charge in [0.2, 0.25) is 0 Å². The summed E-state index contributed by atoms with van der Waals surface area (Å²) in [7, 11) is 1.65. The highest BCUT2D eigenvalue weighted by Gasteiger charge is 2.25. The summed E-state index contributed by atoms with van der Waals surface area (Å²) in [4.78, 5) is 4.14. The van der Waals surface area contributed by atoms with E-state index < -0.39 is 5.60 Å².